The molecule has 0 saturated carbocycles. The minimum Gasteiger partial charge on any atom is -0.467 e. The Balaban J connectivity index is 2.71. The number of nitrogens with zero attached hydrogens (tertiary/aromatic N) is 1. The van der Waals surface area contributed by atoms with Gasteiger partial charge in [0.15, 0.2) is 4.87 Å². The molecule has 2 rings (SSSR count). The lowest BCUT2D eigenvalue weighted by molar-refractivity contribution is -0.145. The molecule has 1 aliphatic rings. The highest BCUT2D eigenvalue weighted by atomic mass is 35.5. The lowest BCUT2D eigenvalue weighted by Gasteiger charge is -2.42. The van der Waals surface area contributed by atoms with Crippen molar-refractivity contribution in [3.63, 3.8) is 0 Å². The zero-order chi connectivity index (χ0) is 19.7. The molecule has 0 spiro atoms. The van der Waals surface area contributed by atoms with Crippen LogP contribution >= 0.6 is 11.6 Å². The summed E-state index contributed by atoms with van der Waals surface area (Å²) in [5.41, 5.74) is -0.988. The van der Waals surface area contributed by atoms with E-state index in [0.717, 1.165) is 25.3 Å². The average Bonchev–Trinajstić information content (AvgIpc) is 2.59. The quantitative estimate of drug-likeness (QED) is 0.562. The first-order valence-electron chi connectivity index (χ1n) is 8.05. The zero-order valence-corrected chi connectivity index (χ0v) is 15.3. The molecular weight excluding hydrogens is 375 g/mol. The molecule has 0 fully saturated rings. The Kier molecular flexibility index (Phi) is 5.75. The zero-order valence-electron chi connectivity index (χ0n) is 14.5. The Morgan fingerprint density at radius 2 is 2.00 bits per heavy atom. The summed E-state index contributed by atoms with van der Waals surface area (Å²) in [4.78, 5) is 24.1. The molecule has 1 amide bonds. The standard InChI is InChI=1S/C17H19ClF3NO4/c1-4-11-9-16(18,14(23)25-3)12-8-10(17(19,20)21)6-7-13(12)22(11)15(24)26-5-2/h6-8,11H,4-5,9H2,1-3H3/t11-,16+/m1/s1. The van der Waals surface area contributed by atoms with E-state index in [1.807, 2.05) is 0 Å². The molecule has 0 aromatic heterocycles. The van der Waals surface area contributed by atoms with Crippen LogP contribution in [-0.2, 0) is 25.3 Å². The Morgan fingerprint density at radius 1 is 1.35 bits per heavy atom. The number of benzene rings is 1. The highest BCUT2D eigenvalue weighted by Crippen LogP contribution is 2.49. The van der Waals surface area contributed by atoms with Gasteiger partial charge in [0.2, 0.25) is 0 Å². The minimum absolute atomic E-state index is 0.0924. The van der Waals surface area contributed by atoms with Gasteiger partial charge in [0.1, 0.15) is 0 Å². The molecule has 0 aliphatic carbocycles. The molecule has 0 unspecified atom stereocenters. The van der Waals surface area contributed by atoms with Crippen molar-refractivity contribution in [3.05, 3.63) is 29.3 Å². The maximum absolute atomic E-state index is 13.1. The van der Waals surface area contributed by atoms with E-state index in [1.165, 1.54) is 4.90 Å². The number of hydrogen-bond donors (Lipinski definition) is 0. The van der Waals surface area contributed by atoms with Gasteiger partial charge >= 0.3 is 18.2 Å². The number of anilines is 1. The molecule has 1 aromatic carbocycles. The second kappa shape index (κ2) is 7.34. The van der Waals surface area contributed by atoms with Crippen LogP contribution in [-0.4, -0.2) is 31.8 Å². The molecule has 1 aromatic rings. The van der Waals surface area contributed by atoms with Crippen LogP contribution in [0.15, 0.2) is 18.2 Å². The van der Waals surface area contributed by atoms with E-state index in [0.29, 0.717) is 6.42 Å². The normalized spacial score (nSPS) is 22.6. The lowest BCUT2D eigenvalue weighted by Crippen LogP contribution is -2.51. The molecule has 0 N–H and O–H groups in total. The van der Waals surface area contributed by atoms with Gasteiger partial charge in [-0.15, -0.1) is 11.6 Å². The third kappa shape index (κ3) is 3.47. The monoisotopic (exact) mass is 393 g/mol. The fourth-order valence-electron chi connectivity index (χ4n) is 3.08. The largest absolute Gasteiger partial charge is 0.467 e. The van der Waals surface area contributed by atoms with Crippen LogP contribution in [0, 0.1) is 0 Å². The first-order chi connectivity index (χ1) is 12.1. The van der Waals surface area contributed by atoms with Gasteiger partial charge < -0.3 is 9.47 Å². The minimum atomic E-state index is -4.63. The number of carbonyl (C=O) groups is 2. The summed E-state index contributed by atoms with van der Waals surface area (Å²) in [6.07, 6.45) is -5.00. The Bertz CT molecular complexity index is 710. The number of alkyl halides is 4. The number of amides is 1. The van der Waals surface area contributed by atoms with E-state index in [-0.39, 0.29) is 24.3 Å². The summed E-state index contributed by atoms with van der Waals surface area (Å²) in [5, 5.41) is 0. The van der Waals surface area contributed by atoms with Gasteiger partial charge in [-0.25, -0.2) is 9.59 Å². The van der Waals surface area contributed by atoms with Crippen LogP contribution in [0.2, 0.25) is 0 Å². The number of halogens is 4. The molecular formula is C17H19ClF3NO4. The molecule has 0 saturated heterocycles. The van der Waals surface area contributed by atoms with E-state index < -0.39 is 34.7 Å². The maximum atomic E-state index is 13.1. The summed E-state index contributed by atoms with van der Waals surface area (Å²) in [7, 11) is 1.11. The van der Waals surface area contributed by atoms with E-state index >= 15 is 0 Å². The molecule has 9 heteroatoms. The first kappa shape index (κ1) is 20.4. The Labute approximate surface area is 154 Å². The van der Waals surface area contributed by atoms with Gasteiger partial charge in [-0.3, -0.25) is 4.90 Å². The summed E-state index contributed by atoms with van der Waals surface area (Å²) in [5.74, 6) is -0.873. The van der Waals surface area contributed by atoms with Crippen molar-refractivity contribution >= 4 is 29.4 Å². The molecule has 2 atom stereocenters. The summed E-state index contributed by atoms with van der Waals surface area (Å²) in [6.45, 7) is 3.50. The van der Waals surface area contributed by atoms with Gasteiger partial charge in [0, 0.05) is 18.0 Å². The molecule has 144 valence electrons. The maximum Gasteiger partial charge on any atom is 0.416 e. The Hall–Kier alpha value is -1.96. The fourth-order valence-corrected chi connectivity index (χ4v) is 3.49. The van der Waals surface area contributed by atoms with Crippen molar-refractivity contribution in [1.29, 1.82) is 0 Å². The second-order valence-corrected chi connectivity index (χ2v) is 6.50. The Morgan fingerprint density at radius 3 is 2.50 bits per heavy atom. The van der Waals surface area contributed by atoms with Crippen LogP contribution in [0.25, 0.3) is 0 Å². The number of esters is 1. The number of methoxy groups -OCH3 is 1. The van der Waals surface area contributed by atoms with E-state index in [9.17, 15) is 22.8 Å². The fraction of sp³-hybridized carbons (Fsp3) is 0.529. The van der Waals surface area contributed by atoms with E-state index in [2.05, 4.69) is 0 Å². The van der Waals surface area contributed by atoms with E-state index in [4.69, 9.17) is 21.1 Å². The molecule has 0 bridgehead atoms. The highest BCUT2D eigenvalue weighted by molar-refractivity contribution is 6.34. The van der Waals surface area contributed by atoms with Crippen LogP contribution in [0.1, 0.15) is 37.8 Å². The summed E-state index contributed by atoms with van der Waals surface area (Å²) < 4.78 is 49.2. The predicted octanol–water partition coefficient (Wildman–Crippen LogP) is 4.46. The van der Waals surface area contributed by atoms with Crippen molar-refractivity contribution in [2.24, 2.45) is 0 Å². The van der Waals surface area contributed by atoms with Crippen LogP contribution in [0.5, 0.6) is 0 Å². The summed E-state index contributed by atoms with van der Waals surface area (Å²) >= 11 is 6.48. The smallest absolute Gasteiger partial charge is 0.416 e. The number of rotatable bonds is 3. The topological polar surface area (TPSA) is 55.8 Å². The van der Waals surface area contributed by atoms with Crippen molar-refractivity contribution < 1.29 is 32.2 Å². The van der Waals surface area contributed by atoms with Crippen molar-refractivity contribution in [3.8, 4) is 0 Å². The van der Waals surface area contributed by atoms with Crippen molar-refractivity contribution in [2.75, 3.05) is 18.6 Å². The van der Waals surface area contributed by atoms with Gasteiger partial charge in [0.05, 0.1) is 25.0 Å². The van der Waals surface area contributed by atoms with Gasteiger partial charge in [-0.2, -0.15) is 13.2 Å². The average molecular weight is 394 g/mol. The molecule has 1 heterocycles. The molecule has 5 nitrogen and oxygen atoms in total. The van der Waals surface area contributed by atoms with Crippen LogP contribution < -0.4 is 4.90 Å². The van der Waals surface area contributed by atoms with Gasteiger partial charge in [-0.1, -0.05) is 6.92 Å². The third-order valence-corrected chi connectivity index (χ3v) is 4.85. The molecule has 1 aliphatic heterocycles. The van der Waals surface area contributed by atoms with Gasteiger partial charge in [-0.05, 0) is 31.5 Å². The summed E-state index contributed by atoms with van der Waals surface area (Å²) in [6, 6.07) is 2.24. The number of carbonyl (C=O) groups excluding carboxylic acids is 2. The SMILES string of the molecule is CCOC(=O)N1c2ccc(C(F)(F)F)cc2[C@](Cl)(C(=O)OC)C[C@H]1CC. The lowest BCUT2D eigenvalue weighted by atomic mass is 9.83. The van der Waals surface area contributed by atoms with Gasteiger partial charge in [0.25, 0.3) is 0 Å². The number of ether oxygens (including phenoxy) is 2. The first-order valence-corrected chi connectivity index (χ1v) is 8.43. The highest BCUT2D eigenvalue weighted by Gasteiger charge is 2.51. The number of hydrogen-bond acceptors (Lipinski definition) is 4. The van der Waals surface area contributed by atoms with Crippen LogP contribution in [0.4, 0.5) is 23.7 Å². The van der Waals surface area contributed by atoms with Crippen molar-refractivity contribution in [2.45, 2.75) is 43.8 Å². The third-order valence-electron chi connectivity index (χ3n) is 4.34. The van der Waals surface area contributed by atoms with Crippen LogP contribution in [0.3, 0.4) is 0 Å². The molecule has 0 radical (unpaired) electrons. The van der Waals surface area contributed by atoms with E-state index in [1.54, 1.807) is 13.8 Å². The number of fused-ring (bicyclic) bond motifs is 1. The predicted molar refractivity (Wildman–Crippen MR) is 89.2 cm³/mol. The molecule has 26 heavy (non-hydrogen) atoms. The second-order valence-electron chi connectivity index (χ2n) is 5.86. The van der Waals surface area contributed by atoms with Crippen molar-refractivity contribution in [1.82, 2.24) is 0 Å².